The Kier molecular flexibility index (Phi) is 7.19. The molecule has 176 valence electrons. The van der Waals surface area contributed by atoms with E-state index in [0.29, 0.717) is 42.2 Å². The molecule has 1 fully saturated rings. The number of hydrogen-bond donors (Lipinski definition) is 2. The summed E-state index contributed by atoms with van der Waals surface area (Å²) in [5.41, 5.74) is 1.55. The molecule has 0 bridgehead atoms. The maximum atomic E-state index is 12.9. The van der Waals surface area contributed by atoms with Gasteiger partial charge in [0.2, 0.25) is 5.91 Å². The van der Waals surface area contributed by atoms with Crippen LogP contribution >= 0.6 is 11.6 Å². The number of hydrogen-bond acceptors (Lipinski definition) is 4. The molecule has 4 rings (SSSR count). The molecule has 7 nitrogen and oxygen atoms in total. The lowest BCUT2D eigenvalue weighted by molar-refractivity contribution is -0.121. The Hall–Kier alpha value is -3.36. The van der Waals surface area contributed by atoms with Crippen LogP contribution in [0.2, 0.25) is 5.02 Å². The van der Waals surface area contributed by atoms with Gasteiger partial charge in [-0.15, -0.1) is 0 Å². The quantitative estimate of drug-likeness (QED) is 0.519. The molecule has 0 saturated carbocycles. The van der Waals surface area contributed by atoms with Crippen LogP contribution in [0.1, 0.15) is 23.2 Å². The van der Waals surface area contributed by atoms with E-state index in [1.54, 1.807) is 29.2 Å². The monoisotopic (exact) mass is 497 g/mol. The van der Waals surface area contributed by atoms with Gasteiger partial charge in [0.25, 0.3) is 15.9 Å². The molecule has 0 aromatic heterocycles. The summed E-state index contributed by atoms with van der Waals surface area (Å²) in [6.45, 7) is 0.924. The van der Waals surface area contributed by atoms with Crippen molar-refractivity contribution in [2.75, 3.05) is 23.1 Å². The van der Waals surface area contributed by atoms with Crippen molar-refractivity contribution in [3.63, 3.8) is 0 Å². The van der Waals surface area contributed by atoms with Crippen molar-refractivity contribution in [2.24, 2.45) is 5.92 Å². The van der Waals surface area contributed by atoms with E-state index in [0.717, 1.165) is 5.69 Å². The Morgan fingerprint density at radius 2 is 1.44 bits per heavy atom. The Labute approximate surface area is 203 Å². The number of anilines is 2. The number of nitrogens with one attached hydrogen (secondary N) is 2. The Morgan fingerprint density at radius 3 is 2.06 bits per heavy atom. The molecule has 1 heterocycles. The number of sulfonamides is 1. The second-order valence-electron chi connectivity index (χ2n) is 8.06. The lowest BCUT2D eigenvalue weighted by Crippen LogP contribution is -2.41. The topological polar surface area (TPSA) is 95.6 Å². The van der Waals surface area contributed by atoms with Crippen LogP contribution in [0.25, 0.3) is 0 Å². The number of amides is 2. The molecule has 3 aromatic carbocycles. The smallest absolute Gasteiger partial charge is 0.261 e. The van der Waals surface area contributed by atoms with Gasteiger partial charge in [0.15, 0.2) is 0 Å². The first-order valence-electron chi connectivity index (χ1n) is 10.9. The number of halogens is 1. The number of rotatable bonds is 6. The molecular formula is C25H24ClN3O4S. The van der Waals surface area contributed by atoms with Crippen molar-refractivity contribution in [3.05, 3.63) is 89.4 Å². The number of piperidine rings is 1. The van der Waals surface area contributed by atoms with Crippen LogP contribution in [0.4, 0.5) is 11.4 Å². The third-order valence-corrected chi connectivity index (χ3v) is 7.35. The summed E-state index contributed by atoms with van der Waals surface area (Å²) in [6, 6.07) is 21.4. The van der Waals surface area contributed by atoms with Gasteiger partial charge in [-0.05, 0) is 73.5 Å². The van der Waals surface area contributed by atoms with Gasteiger partial charge in [0.05, 0.1) is 4.90 Å². The van der Waals surface area contributed by atoms with E-state index in [1.807, 2.05) is 30.3 Å². The summed E-state index contributed by atoms with van der Waals surface area (Å²) in [5.74, 6) is -0.381. The molecule has 2 amide bonds. The summed E-state index contributed by atoms with van der Waals surface area (Å²) < 4.78 is 27.7. The van der Waals surface area contributed by atoms with Crippen molar-refractivity contribution in [1.82, 2.24) is 4.90 Å². The Bertz CT molecular complexity index is 1260. The first-order chi connectivity index (χ1) is 16.3. The molecular weight excluding hydrogens is 474 g/mol. The lowest BCUT2D eigenvalue weighted by Gasteiger charge is -2.31. The lowest BCUT2D eigenvalue weighted by atomic mass is 9.95. The van der Waals surface area contributed by atoms with Gasteiger partial charge in [-0.3, -0.25) is 14.3 Å². The SMILES string of the molecule is O=C(Nc1ccccc1)C1CCN(C(=O)c2ccc(S(=O)(=O)Nc3ccc(Cl)cc3)cc2)CC1. The van der Waals surface area contributed by atoms with Gasteiger partial charge in [0.1, 0.15) is 0 Å². The third kappa shape index (κ3) is 5.76. The van der Waals surface area contributed by atoms with E-state index in [1.165, 1.54) is 24.3 Å². The second-order valence-corrected chi connectivity index (χ2v) is 10.2. The normalized spacial score (nSPS) is 14.4. The fourth-order valence-corrected chi connectivity index (χ4v) is 4.99. The number of nitrogens with zero attached hydrogens (tertiary/aromatic N) is 1. The average Bonchev–Trinajstić information content (AvgIpc) is 2.86. The maximum absolute atomic E-state index is 12.9. The van der Waals surface area contributed by atoms with Crippen LogP contribution in [-0.2, 0) is 14.8 Å². The van der Waals surface area contributed by atoms with Gasteiger partial charge >= 0.3 is 0 Å². The van der Waals surface area contributed by atoms with E-state index in [2.05, 4.69) is 10.0 Å². The van der Waals surface area contributed by atoms with Crippen LogP contribution in [0, 0.1) is 5.92 Å². The number of likely N-dealkylation sites (tertiary alicyclic amines) is 1. The fraction of sp³-hybridized carbons (Fsp3) is 0.200. The zero-order chi connectivity index (χ0) is 24.1. The first kappa shape index (κ1) is 23.8. The van der Waals surface area contributed by atoms with Gasteiger partial charge in [-0.2, -0.15) is 0 Å². The molecule has 2 N–H and O–H groups in total. The minimum absolute atomic E-state index is 0.0407. The van der Waals surface area contributed by atoms with E-state index >= 15 is 0 Å². The summed E-state index contributed by atoms with van der Waals surface area (Å²) in [5, 5.41) is 3.42. The van der Waals surface area contributed by atoms with Crippen LogP contribution in [0.5, 0.6) is 0 Å². The van der Waals surface area contributed by atoms with Gasteiger partial charge in [-0.1, -0.05) is 29.8 Å². The van der Waals surface area contributed by atoms with Crippen molar-refractivity contribution in [2.45, 2.75) is 17.7 Å². The molecule has 0 spiro atoms. The maximum Gasteiger partial charge on any atom is 0.261 e. The highest BCUT2D eigenvalue weighted by Gasteiger charge is 2.28. The van der Waals surface area contributed by atoms with Crippen molar-refractivity contribution in [3.8, 4) is 0 Å². The van der Waals surface area contributed by atoms with Gasteiger partial charge in [-0.25, -0.2) is 8.42 Å². The summed E-state index contributed by atoms with van der Waals surface area (Å²) in [6.07, 6.45) is 1.14. The molecule has 3 aromatic rings. The molecule has 0 atom stereocenters. The second kappa shape index (κ2) is 10.3. The van der Waals surface area contributed by atoms with Crippen molar-refractivity contribution < 1.29 is 18.0 Å². The van der Waals surface area contributed by atoms with Crippen molar-refractivity contribution in [1.29, 1.82) is 0 Å². The van der Waals surface area contributed by atoms with Crippen molar-refractivity contribution >= 4 is 44.8 Å². The minimum Gasteiger partial charge on any atom is -0.339 e. The fourth-order valence-electron chi connectivity index (χ4n) is 3.80. The summed E-state index contributed by atoms with van der Waals surface area (Å²) >= 11 is 5.83. The zero-order valence-electron chi connectivity index (χ0n) is 18.3. The highest BCUT2D eigenvalue weighted by atomic mass is 35.5. The highest BCUT2D eigenvalue weighted by molar-refractivity contribution is 7.92. The number of para-hydroxylation sites is 1. The molecule has 0 aliphatic carbocycles. The zero-order valence-corrected chi connectivity index (χ0v) is 19.9. The van der Waals surface area contributed by atoms with Crippen LogP contribution in [0.15, 0.2) is 83.8 Å². The molecule has 0 radical (unpaired) electrons. The number of carbonyl (C=O) groups is 2. The standard InChI is InChI=1S/C25H24ClN3O4S/c26-20-8-10-22(11-9-20)28-34(32,33)23-12-6-19(7-13-23)25(31)29-16-14-18(15-17-29)24(30)27-21-4-2-1-3-5-21/h1-13,18,28H,14-17H2,(H,27,30). The molecule has 0 unspecified atom stereocenters. The predicted molar refractivity (Wildman–Crippen MR) is 132 cm³/mol. The molecule has 9 heteroatoms. The average molecular weight is 498 g/mol. The van der Waals surface area contributed by atoms with Crippen LogP contribution in [0.3, 0.4) is 0 Å². The van der Waals surface area contributed by atoms with E-state index in [4.69, 9.17) is 11.6 Å². The van der Waals surface area contributed by atoms with Gasteiger partial charge in [0, 0.05) is 41.0 Å². The summed E-state index contributed by atoms with van der Waals surface area (Å²) in [4.78, 5) is 27.2. The van der Waals surface area contributed by atoms with E-state index in [9.17, 15) is 18.0 Å². The number of carbonyl (C=O) groups excluding carboxylic acids is 2. The molecule has 1 aliphatic heterocycles. The molecule has 1 saturated heterocycles. The Balaban J connectivity index is 1.34. The van der Waals surface area contributed by atoms with E-state index in [-0.39, 0.29) is 22.6 Å². The summed E-state index contributed by atoms with van der Waals surface area (Å²) in [7, 11) is -3.80. The third-order valence-electron chi connectivity index (χ3n) is 5.70. The first-order valence-corrected chi connectivity index (χ1v) is 12.7. The largest absolute Gasteiger partial charge is 0.339 e. The Morgan fingerprint density at radius 1 is 0.824 bits per heavy atom. The van der Waals surface area contributed by atoms with Crippen LogP contribution in [-0.4, -0.2) is 38.2 Å². The minimum atomic E-state index is -3.80. The van der Waals surface area contributed by atoms with Gasteiger partial charge < -0.3 is 10.2 Å². The highest BCUT2D eigenvalue weighted by Crippen LogP contribution is 2.23. The predicted octanol–water partition coefficient (Wildman–Crippen LogP) is 4.63. The van der Waals surface area contributed by atoms with E-state index < -0.39 is 10.0 Å². The molecule has 1 aliphatic rings. The van der Waals surface area contributed by atoms with Crippen LogP contribution < -0.4 is 10.0 Å². The molecule has 34 heavy (non-hydrogen) atoms. The number of benzene rings is 3.